The average Bonchev–Trinajstić information content (AvgIpc) is 3.17. The molecular weight excluding hydrogens is 344 g/mol. The smallest absolute Gasteiger partial charge is 0.137 e. The summed E-state index contributed by atoms with van der Waals surface area (Å²) in [5.74, 6) is 2.15. The van der Waals surface area contributed by atoms with Crippen LogP contribution in [-0.4, -0.2) is 26.9 Å². The van der Waals surface area contributed by atoms with Crippen LogP contribution >= 0.6 is 11.3 Å². The average molecular weight is 369 g/mol. The lowest BCUT2D eigenvalue weighted by Gasteiger charge is -2.07. The first kappa shape index (κ1) is 17.2. The number of rotatable bonds is 7. The van der Waals surface area contributed by atoms with E-state index in [1.807, 2.05) is 18.5 Å². The van der Waals surface area contributed by atoms with Gasteiger partial charge in [-0.3, -0.25) is 9.67 Å². The lowest BCUT2D eigenvalue weighted by atomic mass is 10.1. The minimum atomic E-state index is 0.601. The van der Waals surface area contributed by atoms with Gasteiger partial charge < -0.3 is 4.74 Å². The van der Waals surface area contributed by atoms with Gasteiger partial charge in [-0.25, -0.2) is 4.98 Å². The van der Waals surface area contributed by atoms with Crippen molar-refractivity contribution in [2.45, 2.75) is 45.6 Å². The summed E-state index contributed by atoms with van der Waals surface area (Å²) in [5, 5.41) is 5.65. The van der Waals surface area contributed by atoms with E-state index in [-0.39, 0.29) is 0 Å². The van der Waals surface area contributed by atoms with Gasteiger partial charge in [0.1, 0.15) is 5.75 Å². The van der Waals surface area contributed by atoms with E-state index in [1.165, 1.54) is 29.1 Å². The monoisotopic (exact) mass is 368 g/mol. The SMILES string of the molecule is COc1ccc(C2CC2CCc2ccnn2Cc2sc(C)nc2C)nc1. The van der Waals surface area contributed by atoms with Gasteiger partial charge in [0.05, 0.1) is 30.6 Å². The lowest BCUT2D eigenvalue weighted by Crippen LogP contribution is -2.06. The molecule has 1 aliphatic rings. The molecule has 136 valence electrons. The highest BCUT2D eigenvalue weighted by molar-refractivity contribution is 7.11. The van der Waals surface area contributed by atoms with E-state index in [9.17, 15) is 0 Å². The summed E-state index contributed by atoms with van der Waals surface area (Å²) in [4.78, 5) is 10.4. The predicted octanol–water partition coefficient (Wildman–Crippen LogP) is 4.14. The number of thiazole rings is 1. The highest BCUT2D eigenvalue weighted by Crippen LogP contribution is 2.49. The van der Waals surface area contributed by atoms with E-state index in [4.69, 9.17) is 4.74 Å². The molecule has 5 nitrogen and oxygen atoms in total. The van der Waals surface area contributed by atoms with Crippen molar-refractivity contribution in [2.24, 2.45) is 5.92 Å². The third kappa shape index (κ3) is 3.65. The molecule has 3 aromatic rings. The Morgan fingerprint density at radius 3 is 2.85 bits per heavy atom. The minimum absolute atomic E-state index is 0.601. The minimum Gasteiger partial charge on any atom is -0.495 e. The van der Waals surface area contributed by atoms with Crippen LogP contribution in [0.15, 0.2) is 30.6 Å². The van der Waals surface area contributed by atoms with Gasteiger partial charge in [0.2, 0.25) is 0 Å². The highest BCUT2D eigenvalue weighted by atomic mass is 32.1. The van der Waals surface area contributed by atoms with Gasteiger partial charge in [-0.15, -0.1) is 11.3 Å². The number of hydrogen-bond donors (Lipinski definition) is 0. The summed E-state index contributed by atoms with van der Waals surface area (Å²) in [6, 6.07) is 6.25. The van der Waals surface area contributed by atoms with E-state index in [0.717, 1.165) is 35.3 Å². The molecule has 0 aromatic carbocycles. The molecule has 26 heavy (non-hydrogen) atoms. The maximum atomic E-state index is 5.19. The fraction of sp³-hybridized carbons (Fsp3) is 0.450. The third-order valence-electron chi connectivity index (χ3n) is 5.17. The molecule has 0 radical (unpaired) electrons. The highest BCUT2D eigenvalue weighted by Gasteiger charge is 2.38. The van der Waals surface area contributed by atoms with Crippen LogP contribution in [0.1, 0.15) is 45.7 Å². The zero-order chi connectivity index (χ0) is 18.1. The summed E-state index contributed by atoms with van der Waals surface area (Å²) < 4.78 is 7.32. The van der Waals surface area contributed by atoms with Crippen LogP contribution in [0, 0.1) is 19.8 Å². The van der Waals surface area contributed by atoms with Crippen molar-refractivity contribution >= 4 is 11.3 Å². The second kappa shape index (κ2) is 7.19. The van der Waals surface area contributed by atoms with Crippen molar-refractivity contribution < 1.29 is 4.74 Å². The normalized spacial score (nSPS) is 18.9. The largest absolute Gasteiger partial charge is 0.495 e. The summed E-state index contributed by atoms with van der Waals surface area (Å²) in [6.45, 7) is 4.97. The van der Waals surface area contributed by atoms with Gasteiger partial charge in [-0.1, -0.05) is 0 Å². The zero-order valence-corrected chi connectivity index (χ0v) is 16.3. The van der Waals surface area contributed by atoms with Crippen LogP contribution in [0.5, 0.6) is 5.75 Å². The van der Waals surface area contributed by atoms with Gasteiger partial charge in [0.15, 0.2) is 0 Å². The number of pyridine rings is 1. The van der Waals surface area contributed by atoms with Crippen LogP contribution < -0.4 is 4.74 Å². The predicted molar refractivity (Wildman–Crippen MR) is 103 cm³/mol. The van der Waals surface area contributed by atoms with E-state index in [1.54, 1.807) is 18.4 Å². The van der Waals surface area contributed by atoms with Crippen molar-refractivity contribution in [1.29, 1.82) is 0 Å². The van der Waals surface area contributed by atoms with Crippen molar-refractivity contribution in [3.05, 3.63) is 57.6 Å². The van der Waals surface area contributed by atoms with Crippen LogP contribution in [0.2, 0.25) is 0 Å². The summed E-state index contributed by atoms with van der Waals surface area (Å²) >= 11 is 1.77. The quantitative estimate of drug-likeness (QED) is 0.629. The number of aryl methyl sites for hydroxylation is 3. The molecule has 0 amide bonds. The van der Waals surface area contributed by atoms with Gasteiger partial charge in [0.25, 0.3) is 0 Å². The summed E-state index contributed by atoms with van der Waals surface area (Å²) in [5.41, 5.74) is 3.63. The Bertz CT molecular complexity index is 884. The number of aromatic nitrogens is 4. The van der Waals surface area contributed by atoms with Gasteiger partial charge in [0, 0.05) is 28.4 Å². The van der Waals surface area contributed by atoms with Gasteiger partial charge in [-0.05, 0) is 57.2 Å². The molecule has 3 heterocycles. The summed E-state index contributed by atoms with van der Waals surface area (Å²) in [7, 11) is 1.68. The maximum Gasteiger partial charge on any atom is 0.137 e. The van der Waals surface area contributed by atoms with Crippen molar-refractivity contribution in [3.8, 4) is 5.75 Å². The Hall–Kier alpha value is -2.21. The molecule has 0 saturated heterocycles. The fourth-order valence-electron chi connectivity index (χ4n) is 3.56. The Morgan fingerprint density at radius 2 is 2.15 bits per heavy atom. The van der Waals surface area contributed by atoms with Gasteiger partial charge >= 0.3 is 0 Å². The second-order valence-corrected chi connectivity index (χ2v) is 8.27. The first-order chi connectivity index (χ1) is 12.6. The molecular formula is C20H24N4OS. The molecule has 0 aliphatic heterocycles. The summed E-state index contributed by atoms with van der Waals surface area (Å²) in [6.07, 6.45) is 7.21. The zero-order valence-electron chi connectivity index (χ0n) is 15.5. The molecule has 0 spiro atoms. The van der Waals surface area contributed by atoms with Crippen LogP contribution in [0.3, 0.4) is 0 Å². The number of nitrogens with zero attached hydrogens (tertiary/aromatic N) is 4. The Kier molecular flexibility index (Phi) is 4.76. The molecule has 2 atom stereocenters. The van der Waals surface area contributed by atoms with Crippen LogP contribution in [-0.2, 0) is 13.0 Å². The van der Waals surface area contributed by atoms with E-state index in [0.29, 0.717) is 5.92 Å². The molecule has 3 aromatic heterocycles. The molecule has 1 fully saturated rings. The van der Waals surface area contributed by atoms with E-state index in [2.05, 4.69) is 45.7 Å². The van der Waals surface area contributed by atoms with Crippen molar-refractivity contribution in [1.82, 2.24) is 19.7 Å². The topological polar surface area (TPSA) is 52.8 Å². The third-order valence-corrected chi connectivity index (χ3v) is 6.22. The number of methoxy groups -OCH3 is 1. The van der Waals surface area contributed by atoms with E-state index >= 15 is 0 Å². The molecule has 6 heteroatoms. The van der Waals surface area contributed by atoms with E-state index < -0.39 is 0 Å². The van der Waals surface area contributed by atoms with Gasteiger partial charge in [-0.2, -0.15) is 5.10 Å². The molecule has 1 saturated carbocycles. The Labute approximate surface area is 158 Å². The molecule has 1 aliphatic carbocycles. The molecule has 2 unspecified atom stereocenters. The second-order valence-electron chi connectivity index (χ2n) is 6.99. The first-order valence-corrected chi connectivity index (χ1v) is 9.89. The standard InChI is InChI=1S/C20H24N4OS/c1-13-20(26-14(2)23-13)12-24-16(8-9-22-24)5-4-15-10-18(15)19-7-6-17(25-3)11-21-19/h6-9,11,15,18H,4-5,10,12H2,1-3H3. The number of hydrogen-bond acceptors (Lipinski definition) is 5. The van der Waals surface area contributed by atoms with Crippen molar-refractivity contribution in [2.75, 3.05) is 7.11 Å². The maximum absolute atomic E-state index is 5.19. The first-order valence-electron chi connectivity index (χ1n) is 9.07. The van der Waals surface area contributed by atoms with Crippen molar-refractivity contribution in [3.63, 3.8) is 0 Å². The molecule has 4 rings (SSSR count). The fourth-order valence-corrected chi connectivity index (χ4v) is 4.48. The number of ether oxygens (including phenoxy) is 1. The Balaban J connectivity index is 1.35. The van der Waals surface area contributed by atoms with Crippen LogP contribution in [0.25, 0.3) is 0 Å². The molecule has 0 bridgehead atoms. The molecule has 0 N–H and O–H groups in total. The van der Waals surface area contributed by atoms with Crippen LogP contribution in [0.4, 0.5) is 0 Å². The lowest BCUT2D eigenvalue weighted by molar-refractivity contribution is 0.412. The Morgan fingerprint density at radius 1 is 1.27 bits per heavy atom.